The SMILES string of the molecule is OCCC1=NN=C2CN=C(c3ccccc3)c3cc(Cl)ccc3N2C1. The van der Waals surface area contributed by atoms with E-state index in [4.69, 9.17) is 16.6 Å². The number of anilines is 1. The Kier molecular flexibility index (Phi) is 4.34. The molecule has 2 aliphatic rings. The van der Waals surface area contributed by atoms with Crippen LogP contribution in [0, 0.1) is 0 Å². The highest BCUT2D eigenvalue weighted by Gasteiger charge is 2.27. The van der Waals surface area contributed by atoms with Gasteiger partial charge < -0.3 is 10.0 Å². The van der Waals surface area contributed by atoms with Crippen LogP contribution in [-0.2, 0) is 0 Å². The summed E-state index contributed by atoms with van der Waals surface area (Å²) in [5.74, 6) is 0.802. The molecule has 0 spiro atoms. The Bertz CT molecular complexity index is 890. The highest BCUT2D eigenvalue weighted by molar-refractivity contribution is 6.32. The van der Waals surface area contributed by atoms with Crippen molar-refractivity contribution in [2.75, 3.05) is 24.6 Å². The van der Waals surface area contributed by atoms with Gasteiger partial charge in [-0.25, -0.2) is 0 Å². The van der Waals surface area contributed by atoms with Crippen LogP contribution >= 0.6 is 11.6 Å². The summed E-state index contributed by atoms with van der Waals surface area (Å²) in [4.78, 5) is 6.91. The summed E-state index contributed by atoms with van der Waals surface area (Å²) < 4.78 is 0. The van der Waals surface area contributed by atoms with Crippen LogP contribution in [0.5, 0.6) is 0 Å². The first-order chi connectivity index (χ1) is 12.3. The van der Waals surface area contributed by atoms with Gasteiger partial charge in [-0.15, -0.1) is 5.10 Å². The molecule has 2 aromatic carbocycles. The zero-order valence-electron chi connectivity index (χ0n) is 13.6. The monoisotopic (exact) mass is 352 g/mol. The van der Waals surface area contributed by atoms with Crippen LogP contribution in [-0.4, -0.2) is 42.1 Å². The van der Waals surface area contributed by atoms with Gasteiger partial charge in [-0.2, -0.15) is 5.10 Å². The van der Waals surface area contributed by atoms with Crippen molar-refractivity contribution in [1.29, 1.82) is 0 Å². The van der Waals surface area contributed by atoms with Crippen LogP contribution in [0.3, 0.4) is 0 Å². The third kappa shape index (κ3) is 3.08. The average molecular weight is 353 g/mol. The van der Waals surface area contributed by atoms with Gasteiger partial charge in [0.1, 0.15) is 0 Å². The van der Waals surface area contributed by atoms with Crippen LogP contribution in [0.2, 0.25) is 5.02 Å². The van der Waals surface area contributed by atoms with Gasteiger partial charge in [0.25, 0.3) is 0 Å². The van der Waals surface area contributed by atoms with Crippen molar-refractivity contribution in [3.05, 3.63) is 64.7 Å². The van der Waals surface area contributed by atoms with Gasteiger partial charge in [-0.1, -0.05) is 41.9 Å². The van der Waals surface area contributed by atoms with Gasteiger partial charge in [0.15, 0.2) is 5.84 Å². The third-order valence-electron chi connectivity index (χ3n) is 4.29. The Morgan fingerprint density at radius 1 is 1.08 bits per heavy atom. The summed E-state index contributed by atoms with van der Waals surface area (Å²) in [7, 11) is 0. The fourth-order valence-corrected chi connectivity index (χ4v) is 3.27. The zero-order valence-corrected chi connectivity index (χ0v) is 14.3. The lowest BCUT2D eigenvalue weighted by atomic mass is 10.00. The molecule has 1 N–H and O–H groups in total. The van der Waals surface area contributed by atoms with Crippen molar-refractivity contribution in [2.24, 2.45) is 15.2 Å². The molecule has 0 unspecified atom stereocenters. The molecular formula is C19H17ClN4O. The molecule has 0 aromatic heterocycles. The van der Waals surface area contributed by atoms with Crippen molar-refractivity contribution in [1.82, 2.24) is 0 Å². The third-order valence-corrected chi connectivity index (χ3v) is 4.52. The number of hydrogen-bond acceptors (Lipinski definition) is 5. The van der Waals surface area contributed by atoms with E-state index in [0.29, 0.717) is 24.5 Å². The molecule has 0 atom stereocenters. The first-order valence-corrected chi connectivity index (χ1v) is 8.54. The smallest absolute Gasteiger partial charge is 0.154 e. The molecule has 2 heterocycles. The van der Waals surface area contributed by atoms with Crippen LogP contribution in [0.4, 0.5) is 5.69 Å². The summed E-state index contributed by atoms with van der Waals surface area (Å²) in [5, 5.41) is 18.5. The molecule has 0 radical (unpaired) electrons. The number of aliphatic hydroxyl groups is 1. The quantitative estimate of drug-likeness (QED) is 0.922. The van der Waals surface area contributed by atoms with Crippen LogP contribution in [0.1, 0.15) is 17.5 Å². The van der Waals surface area contributed by atoms with Crippen molar-refractivity contribution in [3.63, 3.8) is 0 Å². The zero-order chi connectivity index (χ0) is 17.2. The second-order valence-corrected chi connectivity index (χ2v) is 6.37. The minimum atomic E-state index is 0.0662. The van der Waals surface area contributed by atoms with E-state index in [2.05, 4.69) is 15.1 Å². The van der Waals surface area contributed by atoms with Gasteiger partial charge in [0.05, 0.1) is 30.2 Å². The lowest BCUT2D eigenvalue weighted by Crippen LogP contribution is -2.39. The molecule has 0 saturated heterocycles. The average Bonchev–Trinajstić information content (AvgIpc) is 2.79. The second-order valence-electron chi connectivity index (χ2n) is 5.93. The van der Waals surface area contributed by atoms with Gasteiger partial charge in [-0.05, 0) is 18.2 Å². The summed E-state index contributed by atoms with van der Waals surface area (Å²) in [6.45, 7) is 1.12. The molecule has 4 rings (SSSR count). The molecule has 126 valence electrons. The minimum Gasteiger partial charge on any atom is -0.396 e. The molecule has 0 amide bonds. The highest BCUT2D eigenvalue weighted by Crippen LogP contribution is 2.30. The number of benzene rings is 2. The fourth-order valence-electron chi connectivity index (χ4n) is 3.10. The first kappa shape index (κ1) is 16.0. The number of rotatable bonds is 3. The first-order valence-electron chi connectivity index (χ1n) is 8.17. The Balaban J connectivity index is 1.84. The summed E-state index contributed by atoms with van der Waals surface area (Å²) in [5.41, 5.74) is 4.79. The number of fused-ring (bicyclic) bond motifs is 3. The van der Waals surface area contributed by atoms with Gasteiger partial charge >= 0.3 is 0 Å². The number of aliphatic imine (C=N–C) groups is 1. The Morgan fingerprint density at radius 2 is 1.92 bits per heavy atom. The summed E-state index contributed by atoms with van der Waals surface area (Å²) in [6, 6.07) is 15.9. The van der Waals surface area contributed by atoms with Crippen LogP contribution in [0.15, 0.2) is 63.7 Å². The van der Waals surface area contributed by atoms with Gasteiger partial charge in [0.2, 0.25) is 0 Å². The van der Waals surface area contributed by atoms with Gasteiger partial charge in [-0.3, -0.25) is 4.99 Å². The number of nitrogens with zero attached hydrogens (tertiary/aromatic N) is 4. The van der Waals surface area contributed by atoms with E-state index in [1.165, 1.54) is 0 Å². The standard InChI is InChI=1S/C19H17ClN4O/c20-14-6-7-17-16(10-14)19(13-4-2-1-3-5-13)21-11-18-23-22-15(8-9-25)12-24(17)18/h1-7,10,25H,8-9,11-12H2. The molecule has 0 aliphatic carbocycles. The van der Waals surface area contributed by atoms with E-state index in [1.807, 2.05) is 48.5 Å². The lowest BCUT2D eigenvalue weighted by molar-refractivity contribution is 0.306. The molecule has 0 saturated carbocycles. The highest BCUT2D eigenvalue weighted by atomic mass is 35.5. The van der Waals surface area contributed by atoms with Crippen molar-refractivity contribution >= 4 is 34.5 Å². The lowest BCUT2D eigenvalue weighted by Gasteiger charge is -2.28. The second kappa shape index (κ2) is 6.78. The van der Waals surface area contributed by atoms with E-state index in [9.17, 15) is 5.11 Å². The summed E-state index contributed by atoms with van der Waals surface area (Å²) >= 11 is 6.28. The minimum absolute atomic E-state index is 0.0662. The van der Waals surface area contributed by atoms with E-state index in [1.54, 1.807) is 0 Å². The Morgan fingerprint density at radius 3 is 2.72 bits per heavy atom. The van der Waals surface area contributed by atoms with Crippen LogP contribution < -0.4 is 4.90 Å². The number of aliphatic hydroxyl groups excluding tert-OH is 1. The maximum atomic E-state index is 9.20. The number of hydrogen-bond donors (Lipinski definition) is 1. The topological polar surface area (TPSA) is 60.6 Å². The van der Waals surface area contributed by atoms with Crippen LogP contribution in [0.25, 0.3) is 0 Å². The largest absolute Gasteiger partial charge is 0.396 e. The van der Waals surface area contributed by atoms with E-state index in [0.717, 1.165) is 34.1 Å². The predicted octanol–water partition coefficient (Wildman–Crippen LogP) is 3.15. The van der Waals surface area contributed by atoms with Crippen molar-refractivity contribution < 1.29 is 5.11 Å². The Labute approximate surface area is 151 Å². The molecule has 2 aromatic rings. The molecule has 0 fully saturated rings. The molecule has 2 aliphatic heterocycles. The molecule has 6 heteroatoms. The number of halogens is 1. The van der Waals surface area contributed by atoms with E-state index >= 15 is 0 Å². The van der Waals surface area contributed by atoms with Crippen molar-refractivity contribution in [2.45, 2.75) is 6.42 Å². The molecular weight excluding hydrogens is 336 g/mol. The van der Waals surface area contributed by atoms with E-state index in [-0.39, 0.29) is 6.61 Å². The molecule has 5 nitrogen and oxygen atoms in total. The van der Waals surface area contributed by atoms with E-state index < -0.39 is 0 Å². The fraction of sp³-hybridized carbons (Fsp3) is 0.211. The number of amidine groups is 1. The Hall–Kier alpha value is -2.50. The predicted molar refractivity (Wildman–Crippen MR) is 102 cm³/mol. The maximum Gasteiger partial charge on any atom is 0.154 e. The molecule has 25 heavy (non-hydrogen) atoms. The van der Waals surface area contributed by atoms with Crippen molar-refractivity contribution in [3.8, 4) is 0 Å². The molecule has 0 bridgehead atoms. The van der Waals surface area contributed by atoms with Gasteiger partial charge in [0, 0.05) is 29.2 Å². The summed E-state index contributed by atoms with van der Waals surface area (Å²) in [6.07, 6.45) is 0.516. The maximum absolute atomic E-state index is 9.20. The normalized spacial score (nSPS) is 16.2.